The lowest BCUT2D eigenvalue weighted by molar-refractivity contribution is 0.0563. The molecule has 6 nitrogen and oxygen atoms in total. The minimum atomic E-state index is -0.490. The standard InChI is InChI=1S/C23H21N3O3S/c1-15-4-8-17(9-5-15)21-24-25-23(26(21)18-10-6-16(2)7-11-18)30-14-19-12-13-20(29-19)22(27)28-3/h4-13H,14H2,1-3H3. The molecular weight excluding hydrogens is 398 g/mol. The van der Waals surface area contributed by atoms with Gasteiger partial charge in [-0.15, -0.1) is 10.2 Å². The van der Waals surface area contributed by atoms with E-state index in [2.05, 4.69) is 60.4 Å². The summed E-state index contributed by atoms with van der Waals surface area (Å²) in [5, 5.41) is 9.63. The molecule has 2 aromatic carbocycles. The average molecular weight is 420 g/mol. The molecule has 0 aliphatic carbocycles. The van der Waals surface area contributed by atoms with Gasteiger partial charge in [-0.05, 0) is 38.1 Å². The smallest absolute Gasteiger partial charge is 0.373 e. The molecule has 4 rings (SSSR count). The van der Waals surface area contributed by atoms with Gasteiger partial charge in [-0.3, -0.25) is 4.57 Å². The van der Waals surface area contributed by atoms with Crippen molar-refractivity contribution in [3.63, 3.8) is 0 Å². The number of benzene rings is 2. The maximum absolute atomic E-state index is 11.6. The fraction of sp³-hybridized carbons (Fsp3) is 0.174. The first-order chi connectivity index (χ1) is 14.5. The molecule has 0 radical (unpaired) electrons. The van der Waals surface area contributed by atoms with E-state index in [1.54, 1.807) is 12.1 Å². The van der Waals surface area contributed by atoms with Gasteiger partial charge in [0.15, 0.2) is 11.0 Å². The number of rotatable bonds is 6. The van der Waals surface area contributed by atoms with Crippen LogP contribution in [0.25, 0.3) is 17.1 Å². The lowest BCUT2D eigenvalue weighted by atomic mass is 10.1. The Morgan fingerprint density at radius 2 is 1.63 bits per heavy atom. The number of nitrogens with zero attached hydrogens (tertiary/aromatic N) is 3. The normalized spacial score (nSPS) is 10.9. The van der Waals surface area contributed by atoms with Gasteiger partial charge in [0.2, 0.25) is 5.76 Å². The molecule has 152 valence electrons. The zero-order chi connectivity index (χ0) is 21.1. The van der Waals surface area contributed by atoms with Crippen LogP contribution in [0, 0.1) is 13.8 Å². The predicted octanol–water partition coefficient (Wildman–Crippen LogP) is 5.22. The third-order valence-electron chi connectivity index (χ3n) is 4.63. The molecule has 30 heavy (non-hydrogen) atoms. The number of thioether (sulfide) groups is 1. The SMILES string of the molecule is COC(=O)c1ccc(CSc2nnc(-c3ccc(C)cc3)n2-c2ccc(C)cc2)o1. The van der Waals surface area contributed by atoms with Crippen LogP contribution in [0.4, 0.5) is 0 Å². The van der Waals surface area contributed by atoms with E-state index in [4.69, 9.17) is 9.15 Å². The Kier molecular flexibility index (Phi) is 5.72. The van der Waals surface area contributed by atoms with Crippen LogP contribution in [0.5, 0.6) is 0 Å². The van der Waals surface area contributed by atoms with Gasteiger partial charge in [0.25, 0.3) is 0 Å². The van der Waals surface area contributed by atoms with E-state index < -0.39 is 5.97 Å². The van der Waals surface area contributed by atoms with Gasteiger partial charge in [0.1, 0.15) is 5.76 Å². The molecule has 0 unspecified atom stereocenters. The molecule has 0 amide bonds. The second-order valence-electron chi connectivity index (χ2n) is 6.89. The minimum Gasteiger partial charge on any atom is -0.463 e. The summed E-state index contributed by atoms with van der Waals surface area (Å²) < 4.78 is 12.3. The second-order valence-corrected chi connectivity index (χ2v) is 7.83. The second kappa shape index (κ2) is 8.59. The Morgan fingerprint density at radius 3 is 2.30 bits per heavy atom. The molecule has 4 aromatic rings. The van der Waals surface area contributed by atoms with Crippen LogP contribution >= 0.6 is 11.8 Å². The Hall–Kier alpha value is -3.32. The summed E-state index contributed by atoms with van der Waals surface area (Å²) in [7, 11) is 1.33. The summed E-state index contributed by atoms with van der Waals surface area (Å²) in [6.07, 6.45) is 0. The number of ether oxygens (including phenoxy) is 1. The fourth-order valence-corrected chi connectivity index (χ4v) is 3.83. The molecule has 0 bridgehead atoms. The maximum atomic E-state index is 11.6. The van der Waals surface area contributed by atoms with Crippen LogP contribution in [0.3, 0.4) is 0 Å². The number of methoxy groups -OCH3 is 1. The molecule has 0 fully saturated rings. The van der Waals surface area contributed by atoms with Crippen molar-refractivity contribution in [1.82, 2.24) is 14.8 Å². The fourth-order valence-electron chi connectivity index (χ4n) is 2.98. The molecule has 0 saturated carbocycles. The zero-order valence-corrected chi connectivity index (χ0v) is 17.8. The summed E-state index contributed by atoms with van der Waals surface area (Å²) in [5.41, 5.74) is 4.35. The number of hydrogen-bond acceptors (Lipinski definition) is 6. The highest BCUT2D eigenvalue weighted by atomic mass is 32.2. The van der Waals surface area contributed by atoms with Crippen LogP contribution in [-0.2, 0) is 10.5 Å². The van der Waals surface area contributed by atoms with Crippen LogP contribution < -0.4 is 0 Å². The van der Waals surface area contributed by atoms with Crippen LogP contribution in [0.15, 0.2) is 70.2 Å². The third-order valence-corrected chi connectivity index (χ3v) is 5.58. The van der Waals surface area contributed by atoms with Crippen molar-refractivity contribution in [2.75, 3.05) is 7.11 Å². The summed E-state index contributed by atoms with van der Waals surface area (Å²) in [6, 6.07) is 19.9. The first-order valence-corrected chi connectivity index (χ1v) is 10.4. The average Bonchev–Trinajstić information content (AvgIpc) is 3.40. The quantitative estimate of drug-likeness (QED) is 0.315. The Labute approximate surface area is 178 Å². The van der Waals surface area contributed by atoms with Crippen molar-refractivity contribution in [2.24, 2.45) is 0 Å². The number of furan rings is 1. The largest absolute Gasteiger partial charge is 0.463 e. The lowest BCUT2D eigenvalue weighted by Crippen LogP contribution is -2.00. The molecule has 0 atom stereocenters. The molecule has 0 aliphatic heterocycles. The summed E-state index contributed by atoms with van der Waals surface area (Å²) in [5.74, 6) is 1.64. The molecule has 2 heterocycles. The molecule has 7 heteroatoms. The number of aromatic nitrogens is 3. The van der Waals surface area contributed by atoms with Crippen molar-refractivity contribution in [1.29, 1.82) is 0 Å². The first-order valence-electron chi connectivity index (χ1n) is 9.44. The van der Waals surface area contributed by atoms with Crippen molar-refractivity contribution < 1.29 is 13.9 Å². The predicted molar refractivity (Wildman–Crippen MR) is 116 cm³/mol. The highest BCUT2D eigenvalue weighted by molar-refractivity contribution is 7.98. The van der Waals surface area contributed by atoms with Gasteiger partial charge in [-0.25, -0.2) is 4.79 Å². The molecule has 0 saturated heterocycles. The van der Waals surface area contributed by atoms with Gasteiger partial charge in [-0.1, -0.05) is 59.3 Å². The topological polar surface area (TPSA) is 70.2 Å². The number of esters is 1. The number of carbonyl (C=O) groups excluding carboxylic acids is 1. The number of carbonyl (C=O) groups is 1. The summed E-state index contributed by atoms with van der Waals surface area (Å²) in [6.45, 7) is 4.12. The van der Waals surface area contributed by atoms with E-state index in [0.717, 1.165) is 22.2 Å². The van der Waals surface area contributed by atoms with Crippen LogP contribution in [0.1, 0.15) is 27.4 Å². The molecule has 0 aliphatic rings. The van der Waals surface area contributed by atoms with E-state index in [-0.39, 0.29) is 5.76 Å². The summed E-state index contributed by atoms with van der Waals surface area (Å²) >= 11 is 1.49. The minimum absolute atomic E-state index is 0.188. The molecule has 0 N–H and O–H groups in total. The van der Waals surface area contributed by atoms with Crippen LogP contribution in [-0.4, -0.2) is 27.8 Å². The highest BCUT2D eigenvalue weighted by Crippen LogP contribution is 2.30. The Morgan fingerprint density at radius 1 is 0.967 bits per heavy atom. The third kappa shape index (κ3) is 4.16. The molecule has 0 spiro atoms. The highest BCUT2D eigenvalue weighted by Gasteiger charge is 2.18. The van der Waals surface area contributed by atoms with E-state index in [1.165, 1.54) is 30.0 Å². The Bertz CT molecular complexity index is 1160. The van der Waals surface area contributed by atoms with E-state index in [1.807, 2.05) is 16.7 Å². The molecule has 2 aromatic heterocycles. The van der Waals surface area contributed by atoms with Crippen molar-refractivity contribution >= 4 is 17.7 Å². The van der Waals surface area contributed by atoms with Crippen molar-refractivity contribution in [2.45, 2.75) is 24.8 Å². The zero-order valence-electron chi connectivity index (χ0n) is 17.0. The van der Waals surface area contributed by atoms with E-state index >= 15 is 0 Å². The van der Waals surface area contributed by atoms with Gasteiger partial charge in [0, 0.05) is 11.3 Å². The van der Waals surface area contributed by atoms with Gasteiger partial charge >= 0.3 is 5.97 Å². The van der Waals surface area contributed by atoms with Crippen molar-refractivity contribution in [3.8, 4) is 17.1 Å². The number of hydrogen-bond donors (Lipinski definition) is 0. The number of aryl methyl sites for hydroxylation is 2. The lowest BCUT2D eigenvalue weighted by Gasteiger charge is -2.10. The van der Waals surface area contributed by atoms with Gasteiger partial charge < -0.3 is 9.15 Å². The van der Waals surface area contributed by atoms with Gasteiger partial charge in [-0.2, -0.15) is 0 Å². The van der Waals surface area contributed by atoms with Crippen molar-refractivity contribution in [3.05, 3.63) is 83.3 Å². The van der Waals surface area contributed by atoms with E-state index in [0.29, 0.717) is 11.5 Å². The first kappa shape index (κ1) is 20.0. The summed E-state index contributed by atoms with van der Waals surface area (Å²) in [4.78, 5) is 11.6. The monoisotopic (exact) mass is 419 g/mol. The van der Waals surface area contributed by atoms with E-state index in [9.17, 15) is 4.79 Å². The molecular formula is C23H21N3O3S. The maximum Gasteiger partial charge on any atom is 0.373 e. The Balaban J connectivity index is 1.67. The van der Waals surface area contributed by atoms with Gasteiger partial charge in [0.05, 0.1) is 12.9 Å². The van der Waals surface area contributed by atoms with Crippen LogP contribution in [0.2, 0.25) is 0 Å².